The molecule has 2 aromatic heterocycles. The molecular weight excluding hydrogens is 424 g/mol. The zero-order chi connectivity index (χ0) is 22.3. The normalized spacial score (nSPS) is 14.9. The number of hydrogen-bond donors (Lipinski definition) is 2. The van der Waals surface area contributed by atoms with Crippen molar-refractivity contribution < 1.29 is 12.9 Å². The number of para-hydroxylation sites is 1. The van der Waals surface area contributed by atoms with E-state index in [1.54, 1.807) is 6.07 Å². The Morgan fingerprint density at radius 2 is 1.88 bits per heavy atom. The Morgan fingerprint density at radius 1 is 1.12 bits per heavy atom. The maximum absolute atomic E-state index is 13.5. The van der Waals surface area contributed by atoms with Crippen LogP contribution in [-0.4, -0.2) is 29.3 Å². The van der Waals surface area contributed by atoms with Crippen LogP contribution in [0.2, 0.25) is 0 Å². The molecule has 7 nitrogen and oxygen atoms in total. The third-order valence-corrected chi connectivity index (χ3v) is 8.07. The van der Waals surface area contributed by atoms with E-state index in [0.717, 1.165) is 48.2 Å². The molecule has 0 atom stereocenters. The zero-order valence-electron chi connectivity index (χ0n) is 18.2. The van der Waals surface area contributed by atoms with E-state index in [2.05, 4.69) is 20.4 Å². The molecule has 8 heteroatoms. The van der Waals surface area contributed by atoms with Gasteiger partial charge in [-0.15, -0.1) is 0 Å². The smallest absolute Gasteiger partial charge is 0.205 e. The van der Waals surface area contributed by atoms with Crippen molar-refractivity contribution in [1.29, 1.82) is 0 Å². The van der Waals surface area contributed by atoms with E-state index < -0.39 is 9.84 Å². The number of benzene rings is 2. The number of nitrogens with zero attached hydrogens (tertiary/aromatic N) is 2. The number of fused-ring (bicyclic) bond motifs is 1. The molecule has 166 valence electrons. The molecule has 1 aliphatic carbocycles. The van der Waals surface area contributed by atoms with Gasteiger partial charge in [-0.1, -0.05) is 36.2 Å². The second-order valence-corrected chi connectivity index (χ2v) is 10.6. The SMILES string of the molecule is Cc1noc(C)c1-c1cc(S(=O)(=O)CC2CCCC2)c2nc(Nc3ccccc3)[nH]c2c1. The first-order chi connectivity index (χ1) is 15.4. The Balaban J connectivity index is 1.65. The van der Waals surface area contributed by atoms with Gasteiger partial charge in [-0.05, 0) is 62.4 Å². The van der Waals surface area contributed by atoms with E-state index in [4.69, 9.17) is 4.52 Å². The molecule has 2 heterocycles. The predicted octanol–water partition coefficient (Wildman–Crippen LogP) is 5.54. The summed E-state index contributed by atoms with van der Waals surface area (Å²) < 4.78 is 32.4. The van der Waals surface area contributed by atoms with Gasteiger partial charge in [0.2, 0.25) is 5.95 Å². The van der Waals surface area contributed by atoms with Gasteiger partial charge in [0.1, 0.15) is 11.3 Å². The number of nitrogens with one attached hydrogen (secondary N) is 2. The second-order valence-electron chi connectivity index (χ2n) is 8.58. The largest absolute Gasteiger partial charge is 0.361 e. The van der Waals surface area contributed by atoms with Crippen molar-refractivity contribution >= 4 is 32.5 Å². The van der Waals surface area contributed by atoms with Crippen LogP contribution < -0.4 is 5.32 Å². The van der Waals surface area contributed by atoms with Gasteiger partial charge in [0.05, 0.1) is 21.9 Å². The molecule has 2 N–H and O–H groups in total. The van der Waals surface area contributed by atoms with Crippen LogP contribution in [0, 0.1) is 19.8 Å². The summed E-state index contributed by atoms with van der Waals surface area (Å²) in [6.45, 7) is 3.69. The standard InChI is InChI=1S/C24H26N4O3S/c1-15-22(16(2)31-28-15)18-12-20-23(27-24(26-20)25-19-10-4-3-5-11-19)21(13-18)32(29,30)14-17-8-6-7-9-17/h3-5,10-13,17H,6-9,14H2,1-2H3,(H2,25,26,27). The summed E-state index contributed by atoms with van der Waals surface area (Å²) in [7, 11) is -3.53. The fourth-order valence-electron chi connectivity index (χ4n) is 4.66. The quantitative estimate of drug-likeness (QED) is 0.400. The number of aromatic nitrogens is 3. The lowest BCUT2D eigenvalue weighted by molar-refractivity contribution is 0.393. The molecule has 0 aliphatic heterocycles. The molecule has 1 aliphatic rings. The van der Waals surface area contributed by atoms with Crippen molar-refractivity contribution in [2.75, 3.05) is 11.1 Å². The summed E-state index contributed by atoms with van der Waals surface area (Å²) in [5.41, 5.74) is 4.28. The minimum absolute atomic E-state index is 0.154. The number of aryl methyl sites for hydroxylation is 2. The highest BCUT2D eigenvalue weighted by atomic mass is 32.2. The van der Waals surface area contributed by atoms with Gasteiger partial charge in [0.25, 0.3) is 0 Å². The monoisotopic (exact) mass is 450 g/mol. The Labute approximate surface area is 187 Å². The fourth-order valence-corrected chi connectivity index (χ4v) is 6.55. The Morgan fingerprint density at radius 3 is 2.56 bits per heavy atom. The van der Waals surface area contributed by atoms with Crippen LogP contribution in [0.3, 0.4) is 0 Å². The molecule has 1 fully saturated rings. The average Bonchev–Trinajstić information content (AvgIpc) is 3.48. The topological polar surface area (TPSA) is 101 Å². The molecule has 0 amide bonds. The van der Waals surface area contributed by atoms with Crippen molar-refractivity contribution in [2.45, 2.75) is 44.4 Å². The first kappa shape index (κ1) is 20.8. The van der Waals surface area contributed by atoms with Gasteiger partial charge >= 0.3 is 0 Å². The van der Waals surface area contributed by atoms with Crippen molar-refractivity contribution in [3.8, 4) is 11.1 Å². The molecule has 4 aromatic rings. The van der Waals surface area contributed by atoms with Crippen molar-refractivity contribution in [2.24, 2.45) is 5.92 Å². The van der Waals surface area contributed by atoms with E-state index in [1.807, 2.05) is 50.2 Å². The highest BCUT2D eigenvalue weighted by Crippen LogP contribution is 2.36. The molecule has 1 saturated carbocycles. The fraction of sp³-hybridized carbons (Fsp3) is 0.333. The number of H-pyrrole nitrogens is 1. The van der Waals surface area contributed by atoms with Gasteiger partial charge in [-0.25, -0.2) is 13.4 Å². The molecule has 32 heavy (non-hydrogen) atoms. The number of hydrogen-bond acceptors (Lipinski definition) is 6. The van der Waals surface area contributed by atoms with Gasteiger partial charge in [-0.2, -0.15) is 0 Å². The number of rotatable bonds is 6. The molecule has 5 rings (SSSR count). The predicted molar refractivity (Wildman–Crippen MR) is 125 cm³/mol. The van der Waals surface area contributed by atoms with Crippen molar-refractivity contribution in [3.63, 3.8) is 0 Å². The molecule has 0 unspecified atom stereocenters. The average molecular weight is 451 g/mol. The van der Waals surface area contributed by atoms with Crippen molar-refractivity contribution in [3.05, 3.63) is 53.9 Å². The van der Waals surface area contributed by atoms with E-state index in [0.29, 0.717) is 22.7 Å². The Bertz CT molecular complexity index is 1350. The van der Waals surface area contributed by atoms with E-state index in [1.165, 1.54) is 0 Å². The van der Waals surface area contributed by atoms with Gasteiger partial charge in [0.15, 0.2) is 9.84 Å². The summed E-state index contributed by atoms with van der Waals surface area (Å²) in [5, 5.41) is 7.28. The lowest BCUT2D eigenvalue weighted by Gasteiger charge is -2.12. The summed E-state index contributed by atoms with van der Waals surface area (Å²) in [5.74, 6) is 1.52. The minimum atomic E-state index is -3.53. The van der Waals surface area contributed by atoms with E-state index in [-0.39, 0.29) is 16.6 Å². The van der Waals surface area contributed by atoms with E-state index >= 15 is 0 Å². The lowest BCUT2D eigenvalue weighted by Crippen LogP contribution is -2.14. The molecule has 0 radical (unpaired) electrons. The Kier molecular flexibility index (Phi) is 5.25. The van der Waals surface area contributed by atoms with Crippen LogP contribution in [-0.2, 0) is 9.84 Å². The second kappa shape index (κ2) is 8.09. The zero-order valence-corrected chi connectivity index (χ0v) is 19.0. The molecule has 0 spiro atoms. The third-order valence-electron chi connectivity index (χ3n) is 6.18. The summed E-state index contributed by atoms with van der Waals surface area (Å²) in [4.78, 5) is 8.14. The highest BCUT2D eigenvalue weighted by Gasteiger charge is 2.28. The van der Waals surface area contributed by atoms with Gasteiger partial charge in [0, 0.05) is 11.3 Å². The van der Waals surface area contributed by atoms with Crippen LogP contribution in [0.1, 0.15) is 37.1 Å². The number of sulfone groups is 1. The summed E-state index contributed by atoms with van der Waals surface area (Å²) >= 11 is 0. The van der Waals surface area contributed by atoms with Crippen LogP contribution in [0.15, 0.2) is 51.9 Å². The molecule has 0 bridgehead atoms. The molecule has 0 saturated heterocycles. The van der Waals surface area contributed by atoms with Crippen LogP contribution in [0.25, 0.3) is 22.2 Å². The Hall–Kier alpha value is -3.13. The number of anilines is 2. The maximum atomic E-state index is 13.5. The molecular formula is C24H26N4O3S. The summed E-state index contributed by atoms with van der Waals surface area (Å²) in [6, 6.07) is 13.3. The van der Waals surface area contributed by atoms with Crippen LogP contribution in [0.5, 0.6) is 0 Å². The lowest BCUT2D eigenvalue weighted by atomic mass is 10.0. The van der Waals surface area contributed by atoms with Gasteiger partial charge in [-0.3, -0.25) is 0 Å². The third kappa shape index (κ3) is 3.90. The maximum Gasteiger partial charge on any atom is 0.205 e. The first-order valence-electron chi connectivity index (χ1n) is 10.9. The van der Waals surface area contributed by atoms with Crippen LogP contribution in [0.4, 0.5) is 11.6 Å². The molecule has 2 aromatic carbocycles. The number of aromatic amines is 1. The number of imidazole rings is 1. The van der Waals surface area contributed by atoms with Crippen molar-refractivity contribution in [1.82, 2.24) is 15.1 Å². The minimum Gasteiger partial charge on any atom is -0.361 e. The highest BCUT2D eigenvalue weighted by molar-refractivity contribution is 7.91. The van der Waals surface area contributed by atoms with Crippen LogP contribution >= 0.6 is 0 Å². The first-order valence-corrected chi connectivity index (χ1v) is 12.6. The van der Waals surface area contributed by atoms with Gasteiger partial charge < -0.3 is 14.8 Å². The van der Waals surface area contributed by atoms with E-state index in [9.17, 15) is 8.42 Å². The summed E-state index contributed by atoms with van der Waals surface area (Å²) in [6.07, 6.45) is 4.13.